The summed E-state index contributed by atoms with van der Waals surface area (Å²) >= 11 is 0. The quantitative estimate of drug-likeness (QED) is 0.408. The van der Waals surface area contributed by atoms with Crippen LogP contribution in [0.4, 0.5) is 0 Å². The van der Waals surface area contributed by atoms with E-state index in [4.69, 9.17) is 18.6 Å². The summed E-state index contributed by atoms with van der Waals surface area (Å²) in [5.41, 5.74) is 3.58. The lowest BCUT2D eigenvalue weighted by Gasteiger charge is -2.52. The fraction of sp³-hybridized carbons (Fsp3) is 0.667. The van der Waals surface area contributed by atoms with Crippen LogP contribution in [0, 0.1) is 11.3 Å². The first-order valence-electron chi connectivity index (χ1n) is 12.3. The molecule has 3 rings (SSSR count). The van der Waals surface area contributed by atoms with Gasteiger partial charge in [-0.05, 0) is 53.2 Å². The van der Waals surface area contributed by atoms with Crippen LogP contribution in [-0.4, -0.2) is 41.5 Å². The van der Waals surface area contributed by atoms with Crippen molar-refractivity contribution in [3.05, 3.63) is 40.5 Å². The SMILES string of the molecule is CC[Si](CC)(CC)O[C@@H]1c2c(OC)cccc2[C@@H](OC)[C@H](OC)C2=C(C)C(=O)C[C@H]1C2(C)C. The minimum absolute atomic E-state index is 0.0225. The van der Waals surface area contributed by atoms with Crippen molar-refractivity contribution in [2.75, 3.05) is 21.3 Å². The van der Waals surface area contributed by atoms with Crippen LogP contribution in [0.5, 0.6) is 5.75 Å². The van der Waals surface area contributed by atoms with Crippen LogP contribution in [0.25, 0.3) is 0 Å². The molecule has 0 fully saturated rings. The number of carbonyl (C=O) groups is 1. The number of benzene rings is 1. The molecule has 0 spiro atoms. The number of methoxy groups -OCH3 is 3. The molecule has 0 saturated heterocycles. The Morgan fingerprint density at radius 1 is 0.970 bits per heavy atom. The fourth-order valence-corrected chi connectivity index (χ4v) is 9.04. The van der Waals surface area contributed by atoms with E-state index in [1.165, 1.54) is 0 Å². The molecule has 5 nitrogen and oxygen atoms in total. The molecular formula is C27H42O5Si. The normalized spacial score (nSPS) is 27.1. The molecule has 184 valence electrons. The van der Waals surface area contributed by atoms with Crippen LogP contribution >= 0.6 is 0 Å². The molecule has 6 heteroatoms. The molecular weight excluding hydrogens is 432 g/mol. The van der Waals surface area contributed by atoms with E-state index in [9.17, 15) is 4.79 Å². The highest BCUT2D eigenvalue weighted by molar-refractivity contribution is 6.73. The summed E-state index contributed by atoms with van der Waals surface area (Å²) in [4.78, 5) is 13.4. The highest BCUT2D eigenvalue weighted by atomic mass is 28.4. The molecule has 0 saturated carbocycles. The molecule has 1 aromatic rings. The standard InChI is InChI=1S/C27H42O5Si/c1-10-33(11-2,12-3)32-25-19-16-20(28)17(4)23(27(19,5)6)26(31-9)24(30-8)18-14-13-15-21(29-7)22(18)25/h13-15,19,24-26H,10-12,16H2,1-9H3/t19-,24-,25+,26-/m1/s1. The van der Waals surface area contributed by atoms with Crippen molar-refractivity contribution >= 4 is 14.1 Å². The maximum atomic E-state index is 13.4. The smallest absolute Gasteiger partial charge is 0.192 e. The van der Waals surface area contributed by atoms with Crippen LogP contribution in [0.1, 0.15) is 71.3 Å². The number of rotatable bonds is 8. The van der Waals surface area contributed by atoms with Gasteiger partial charge in [0, 0.05) is 32.1 Å². The minimum atomic E-state index is -2.02. The van der Waals surface area contributed by atoms with Crippen LogP contribution in [0.15, 0.2) is 29.3 Å². The Bertz CT molecular complexity index is 894. The van der Waals surface area contributed by atoms with Crippen molar-refractivity contribution in [3.63, 3.8) is 0 Å². The molecule has 2 bridgehead atoms. The lowest BCUT2D eigenvalue weighted by Crippen LogP contribution is -2.49. The van der Waals surface area contributed by atoms with Crippen molar-refractivity contribution < 1.29 is 23.4 Å². The Morgan fingerprint density at radius 2 is 1.58 bits per heavy atom. The second kappa shape index (κ2) is 10.0. The van der Waals surface area contributed by atoms with Gasteiger partial charge in [-0.1, -0.05) is 46.8 Å². The van der Waals surface area contributed by atoms with Crippen molar-refractivity contribution in [1.82, 2.24) is 0 Å². The first-order valence-corrected chi connectivity index (χ1v) is 14.8. The first-order chi connectivity index (χ1) is 15.7. The number of ether oxygens (including phenoxy) is 3. The Hall–Kier alpha value is -1.47. The summed E-state index contributed by atoms with van der Waals surface area (Å²) in [5.74, 6) is 0.944. The van der Waals surface area contributed by atoms with Crippen molar-refractivity contribution in [3.8, 4) is 5.75 Å². The van der Waals surface area contributed by atoms with E-state index in [1.54, 1.807) is 21.3 Å². The van der Waals surface area contributed by atoms with Crippen molar-refractivity contribution in [1.29, 1.82) is 0 Å². The second-order valence-corrected chi connectivity index (χ2v) is 14.8. The van der Waals surface area contributed by atoms with E-state index in [-0.39, 0.29) is 35.4 Å². The summed E-state index contributed by atoms with van der Waals surface area (Å²) in [6, 6.07) is 9.23. The molecule has 4 atom stereocenters. The average Bonchev–Trinajstić information content (AvgIpc) is 2.82. The number of ketones is 1. The zero-order chi connectivity index (χ0) is 24.6. The molecule has 0 radical (unpaired) electrons. The van der Waals surface area contributed by atoms with E-state index in [2.05, 4.69) is 40.7 Å². The van der Waals surface area contributed by atoms with Crippen LogP contribution < -0.4 is 4.74 Å². The van der Waals surface area contributed by atoms with Gasteiger partial charge in [0.2, 0.25) is 0 Å². The van der Waals surface area contributed by atoms with Crippen molar-refractivity contribution in [2.24, 2.45) is 11.3 Å². The van der Waals surface area contributed by atoms with Gasteiger partial charge >= 0.3 is 0 Å². The van der Waals surface area contributed by atoms with Gasteiger partial charge in [0.1, 0.15) is 18.0 Å². The summed E-state index contributed by atoms with van der Waals surface area (Å²) in [7, 11) is 3.11. The molecule has 0 unspecified atom stereocenters. The lowest BCUT2D eigenvalue weighted by atomic mass is 9.58. The van der Waals surface area contributed by atoms with Gasteiger partial charge in [-0.2, -0.15) is 0 Å². The summed E-state index contributed by atoms with van der Waals surface area (Å²) in [6.07, 6.45) is -0.530. The monoisotopic (exact) mass is 474 g/mol. The molecule has 0 aromatic heterocycles. The highest BCUT2D eigenvalue weighted by Crippen LogP contribution is 2.58. The molecule has 0 heterocycles. The van der Waals surface area contributed by atoms with E-state index in [0.29, 0.717) is 6.42 Å². The highest BCUT2D eigenvalue weighted by Gasteiger charge is 2.53. The number of allylic oxidation sites excluding steroid dienone is 1. The number of fused-ring (bicyclic) bond motifs is 3. The Balaban J connectivity index is 2.41. The maximum absolute atomic E-state index is 13.4. The van der Waals surface area contributed by atoms with E-state index < -0.39 is 8.32 Å². The van der Waals surface area contributed by atoms with E-state index >= 15 is 0 Å². The molecule has 0 amide bonds. The maximum Gasteiger partial charge on any atom is 0.192 e. The van der Waals surface area contributed by atoms with Gasteiger partial charge in [0.05, 0.1) is 13.2 Å². The molecule has 1 aromatic carbocycles. The summed E-state index contributed by atoms with van der Waals surface area (Å²) in [6.45, 7) is 13.2. The first kappa shape index (κ1) is 26.1. The Morgan fingerprint density at radius 3 is 2.09 bits per heavy atom. The molecule has 2 aliphatic carbocycles. The van der Waals surface area contributed by atoms with E-state index in [0.717, 1.165) is 46.2 Å². The third-order valence-corrected chi connectivity index (χ3v) is 13.1. The Kier molecular flexibility index (Phi) is 7.94. The van der Waals surface area contributed by atoms with Gasteiger partial charge in [-0.3, -0.25) is 4.79 Å². The third kappa shape index (κ3) is 4.24. The molecule has 0 N–H and O–H groups in total. The number of hydrogen-bond acceptors (Lipinski definition) is 5. The van der Waals surface area contributed by atoms with E-state index in [1.807, 2.05) is 19.1 Å². The average molecular weight is 475 g/mol. The topological polar surface area (TPSA) is 54.0 Å². The van der Waals surface area contributed by atoms with Gasteiger partial charge < -0.3 is 18.6 Å². The molecule has 0 aliphatic heterocycles. The fourth-order valence-electron chi connectivity index (χ4n) is 6.22. The molecule has 33 heavy (non-hydrogen) atoms. The summed E-state index contributed by atoms with van der Waals surface area (Å²) in [5, 5.41) is 0. The van der Waals surface area contributed by atoms with Gasteiger partial charge in [0.15, 0.2) is 14.1 Å². The second-order valence-electron chi connectivity index (χ2n) is 10.1. The number of hydrogen-bond donors (Lipinski definition) is 0. The zero-order valence-electron chi connectivity index (χ0n) is 21.9. The third-order valence-electron chi connectivity index (χ3n) is 8.50. The summed E-state index contributed by atoms with van der Waals surface area (Å²) < 4.78 is 25.4. The Labute approximate surface area is 201 Å². The van der Waals surface area contributed by atoms with Crippen LogP contribution in [0.3, 0.4) is 0 Å². The van der Waals surface area contributed by atoms with Gasteiger partial charge in [0.25, 0.3) is 0 Å². The molecule has 2 aliphatic rings. The van der Waals surface area contributed by atoms with Crippen LogP contribution in [0.2, 0.25) is 18.1 Å². The predicted octanol–water partition coefficient (Wildman–Crippen LogP) is 6.41. The largest absolute Gasteiger partial charge is 0.496 e. The minimum Gasteiger partial charge on any atom is -0.496 e. The number of Topliss-reactive ketones (excluding diaryl/α,β-unsaturated/α-hetero) is 1. The zero-order valence-corrected chi connectivity index (χ0v) is 22.9. The van der Waals surface area contributed by atoms with Crippen molar-refractivity contribution in [2.45, 2.75) is 84.4 Å². The van der Waals surface area contributed by atoms with Gasteiger partial charge in [-0.15, -0.1) is 0 Å². The lowest BCUT2D eigenvalue weighted by molar-refractivity contribution is -0.122. The van der Waals surface area contributed by atoms with Gasteiger partial charge in [-0.25, -0.2) is 0 Å². The van der Waals surface area contributed by atoms with Crippen LogP contribution in [-0.2, 0) is 18.7 Å². The predicted molar refractivity (Wildman–Crippen MR) is 134 cm³/mol. The number of carbonyl (C=O) groups excluding carboxylic acids is 1.